The first-order chi connectivity index (χ1) is 19.4. The number of rotatable bonds is 12. The Morgan fingerprint density at radius 3 is 2.15 bits per heavy atom. The smallest absolute Gasteiger partial charge is 0.242 e. The Morgan fingerprint density at radius 2 is 1.48 bits per heavy atom. The number of phenolic OH excluding ortho intramolecular Hbond substituents is 1. The second-order valence-electron chi connectivity index (χ2n) is 9.63. The van der Waals surface area contributed by atoms with Gasteiger partial charge in [-0.1, -0.05) is 66.7 Å². The highest BCUT2D eigenvalue weighted by atomic mass is 16.3. The van der Waals surface area contributed by atoms with Crippen molar-refractivity contribution in [2.45, 2.75) is 37.8 Å². The van der Waals surface area contributed by atoms with E-state index in [2.05, 4.69) is 15.6 Å². The van der Waals surface area contributed by atoms with Crippen molar-refractivity contribution in [3.05, 3.63) is 125 Å². The Bertz CT molecular complexity index is 1390. The average Bonchev–Trinajstić information content (AvgIpc) is 2.96. The van der Waals surface area contributed by atoms with Crippen molar-refractivity contribution in [3.63, 3.8) is 0 Å². The molecule has 2 amide bonds. The predicted octanol–water partition coefficient (Wildman–Crippen LogP) is 3.47. The standard InChI is InChI=1S/C32H34N4O4/c33-29-20-23(16-18-34-29)10-15-28(31(39)35-21-24-8-6-22(7-9-24)17-19-37)36-32(40)30(25-4-2-1-3-5-25)26-11-13-27(38)14-12-26/h1-9,11-14,16,18,20,28,30,37-38H,10,15,17,19,21H2,(H2,33,34)(H,35,39)(H,36,40). The van der Waals surface area contributed by atoms with E-state index in [0.29, 0.717) is 37.2 Å². The maximum Gasteiger partial charge on any atom is 0.242 e. The minimum absolute atomic E-state index is 0.0781. The first kappa shape index (κ1) is 28.3. The topological polar surface area (TPSA) is 138 Å². The number of nitrogens with zero attached hydrogens (tertiary/aromatic N) is 1. The van der Waals surface area contributed by atoms with Gasteiger partial charge in [0.2, 0.25) is 11.8 Å². The molecule has 206 valence electrons. The van der Waals surface area contributed by atoms with Gasteiger partial charge in [0.05, 0.1) is 5.92 Å². The van der Waals surface area contributed by atoms with Crippen LogP contribution in [0.5, 0.6) is 5.75 Å². The van der Waals surface area contributed by atoms with Crippen LogP contribution in [-0.4, -0.2) is 39.7 Å². The number of nitrogens with one attached hydrogen (secondary N) is 2. The van der Waals surface area contributed by atoms with Gasteiger partial charge in [-0.15, -0.1) is 0 Å². The number of anilines is 1. The highest BCUT2D eigenvalue weighted by molar-refractivity contribution is 5.92. The number of aromatic nitrogens is 1. The van der Waals surface area contributed by atoms with Crippen LogP contribution in [0.1, 0.15) is 40.2 Å². The molecule has 6 N–H and O–H groups in total. The van der Waals surface area contributed by atoms with E-state index in [1.165, 1.54) is 0 Å². The van der Waals surface area contributed by atoms with Crippen molar-refractivity contribution in [2.75, 3.05) is 12.3 Å². The Kier molecular flexibility index (Phi) is 9.85. The van der Waals surface area contributed by atoms with Crippen LogP contribution in [0, 0.1) is 0 Å². The fourth-order valence-corrected chi connectivity index (χ4v) is 4.56. The Labute approximate surface area is 233 Å². The number of amides is 2. The molecule has 8 heteroatoms. The molecule has 1 aromatic heterocycles. The average molecular weight is 539 g/mol. The van der Waals surface area contributed by atoms with E-state index in [9.17, 15) is 14.7 Å². The van der Waals surface area contributed by atoms with Crippen LogP contribution >= 0.6 is 0 Å². The van der Waals surface area contributed by atoms with E-state index in [1.54, 1.807) is 36.5 Å². The number of benzene rings is 3. The first-order valence-electron chi connectivity index (χ1n) is 13.2. The number of pyridine rings is 1. The van der Waals surface area contributed by atoms with E-state index >= 15 is 0 Å². The number of aliphatic hydroxyl groups is 1. The number of aromatic hydroxyl groups is 1. The lowest BCUT2D eigenvalue weighted by Gasteiger charge is -2.23. The summed E-state index contributed by atoms with van der Waals surface area (Å²) >= 11 is 0. The second-order valence-corrected chi connectivity index (χ2v) is 9.63. The predicted molar refractivity (Wildman–Crippen MR) is 154 cm³/mol. The zero-order valence-electron chi connectivity index (χ0n) is 22.2. The fourth-order valence-electron chi connectivity index (χ4n) is 4.56. The lowest BCUT2D eigenvalue weighted by atomic mass is 9.90. The van der Waals surface area contributed by atoms with Crippen LogP contribution in [0.3, 0.4) is 0 Å². The van der Waals surface area contributed by atoms with Gasteiger partial charge in [-0.25, -0.2) is 4.98 Å². The van der Waals surface area contributed by atoms with Crippen LogP contribution in [-0.2, 0) is 29.0 Å². The molecule has 2 unspecified atom stereocenters. The molecular weight excluding hydrogens is 504 g/mol. The van der Waals surface area contributed by atoms with Crippen LogP contribution in [0.2, 0.25) is 0 Å². The number of phenols is 1. The lowest BCUT2D eigenvalue weighted by molar-refractivity contribution is -0.129. The number of nitrogens with two attached hydrogens (primary N) is 1. The minimum Gasteiger partial charge on any atom is -0.508 e. The molecule has 0 aliphatic rings. The third-order valence-corrected chi connectivity index (χ3v) is 6.71. The molecule has 0 bridgehead atoms. The van der Waals surface area contributed by atoms with Crippen molar-refractivity contribution < 1.29 is 19.8 Å². The van der Waals surface area contributed by atoms with Crippen molar-refractivity contribution in [3.8, 4) is 5.75 Å². The second kappa shape index (κ2) is 13.9. The maximum absolute atomic E-state index is 13.8. The molecule has 8 nitrogen and oxygen atoms in total. The summed E-state index contributed by atoms with van der Waals surface area (Å²) < 4.78 is 0. The third kappa shape index (κ3) is 7.91. The molecule has 0 saturated carbocycles. The van der Waals surface area contributed by atoms with Crippen molar-refractivity contribution in [1.82, 2.24) is 15.6 Å². The van der Waals surface area contributed by atoms with Gasteiger partial charge in [-0.05, 0) is 71.3 Å². The lowest BCUT2D eigenvalue weighted by Crippen LogP contribution is -2.48. The summed E-state index contributed by atoms with van der Waals surface area (Å²) in [4.78, 5) is 31.2. The van der Waals surface area contributed by atoms with Crippen molar-refractivity contribution in [1.29, 1.82) is 0 Å². The molecular formula is C32H34N4O4. The summed E-state index contributed by atoms with van der Waals surface area (Å²) in [6, 6.07) is 26.3. The van der Waals surface area contributed by atoms with E-state index in [4.69, 9.17) is 10.8 Å². The third-order valence-electron chi connectivity index (χ3n) is 6.71. The molecule has 2 atom stereocenters. The van der Waals surface area contributed by atoms with Gasteiger partial charge < -0.3 is 26.6 Å². The van der Waals surface area contributed by atoms with E-state index in [-0.39, 0.29) is 24.2 Å². The number of hydrogen-bond acceptors (Lipinski definition) is 6. The summed E-state index contributed by atoms with van der Waals surface area (Å²) in [6.45, 7) is 0.377. The fraction of sp³-hybridized carbons (Fsp3) is 0.219. The molecule has 0 aliphatic heterocycles. The zero-order valence-corrected chi connectivity index (χ0v) is 22.2. The zero-order chi connectivity index (χ0) is 28.3. The van der Waals surface area contributed by atoms with Gasteiger partial charge in [0.25, 0.3) is 0 Å². The van der Waals surface area contributed by atoms with E-state index in [0.717, 1.165) is 22.3 Å². The van der Waals surface area contributed by atoms with Gasteiger partial charge in [0.15, 0.2) is 0 Å². The number of hydrogen-bond donors (Lipinski definition) is 5. The van der Waals surface area contributed by atoms with E-state index < -0.39 is 12.0 Å². The molecule has 0 saturated heterocycles. The number of aryl methyl sites for hydroxylation is 1. The van der Waals surface area contributed by atoms with Crippen LogP contribution in [0.25, 0.3) is 0 Å². The summed E-state index contributed by atoms with van der Waals surface area (Å²) in [5, 5.41) is 24.9. The molecule has 40 heavy (non-hydrogen) atoms. The Hall–Kier alpha value is -4.69. The number of carbonyl (C=O) groups is 2. The normalized spacial score (nSPS) is 12.3. The molecule has 3 aromatic carbocycles. The summed E-state index contributed by atoms with van der Waals surface area (Å²) in [6.07, 6.45) is 3.06. The molecule has 0 aliphatic carbocycles. The van der Waals surface area contributed by atoms with Gasteiger partial charge in [0, 0.05) is 19.3 Å². The van der Waals surface area contributed by atoms with Crippen LogP contribution in [0.4, 0.5) is 5.82 Å². The largest absolute Gasteiger partial charge is 0.508 e. The van der Waals surface area contributed by atoms with Gasteiger partial charge in [0.1, 0.15) is 17.6 Å². The van der Waals surface area contributed by atoms with Gasteiger partial charge >= 0.3 is 0 Å². The monoisotopic (exact) mass is 538 g/mol. The number of nitrogen functional groups attached to an aromatic ring is 1. The van der Waals surface area contributed by atoms with Gasteiger partial charge in [-0.2, -0.15) is 0 Å². The number of carbonyl (C=O) groups excluding carboxylic acids is 2. The Morgan fingerprint density at radius 1 is 0.800 bits per heavy atom. The maximum atomic E-state index is 13.8. The van der Waals surface area contributed by atoms with Crippen LogP contribution in [0.15, 0.2) is 97.2 Å². The molecule has 4 aromatic rings. The number of aliphatic hydroxyl groups excluding tert-OH is 1. The van der Waals surface area contributed by atoms with Gasteiger partial charge in [-0.3, -0.25) is 9.59 Å². The SMILES string of the molecule is Nc1cc(CCC(NC(=O)C(c2ccccc2)c2ccc(O)cc2)C(=O)NCc2ccc(CCO)cc2)ccn1. The molecule has 0 radical (unpaired) electrons. The first-order valence-corrected chi connectivity index (χ1v) is 13.2. The highest BCUT2D eigenvalue weighted by Gasteiger charge is 2.28. The minimum atomic E-state index is -0.807. The summed E-state index contributed by atoms with van der Waals surface area (Å²) in [5.41, 5.74) is 10.1. The molecule has 0 spiro atoms. The van der Waals surface area contributed by atoms with Crippen LogP contribution < -0.4 is 16.4 Å². The molecule has 4 rings (SSSR count). The van der Waals surface area contributed by atoms with E-state index in [1.807, 2.05) is 60.7 Å². The quantitative estimate of drug-likeness (QED) is 0.187. The highest BCUT2D eigenvalue weighted by Crippen LogP contribution is 2.27. The summed E-state index contributed by atoms with van der Waals surface area (Å²) in [7, 11) is 0. The summed E-state index contributed by atoms with van der Waals surface area (Å²) in [5.74, 6) is -0.794. The van der Waals surface area contributed by atoms with Crippen molar-refractivity contribution in [2.24, 2.45) is 0 Å². The molecule has 1 heterocycles. The Balaban J connectivity index is 1.53. The van der Waals surface area contributed by atoms with Crippen molar-refractivity contribution >= 4 is 17.6 Å². The molecule has 0 fully saturated rings.